The monoisotopic (exact) mass is 233 g/mol. The minimum Gasteiger partial charge on any atom is -0.391 e. The van der Waals surface area contributed by atoms with Crippen molar-refractivity contribution in [3.05, 3.63) is 29.8 Å². The van der Waals surface area contributed by atoms with Gasteiger partial charge in [0.1, 0.15) is 0 Å². The van der Waals surface area contributed by atoms with E-state index in [4.69, 9.17) is 0 Å². The molecule has 0 saturated carbocycles. The Morgan fingerprint density at radius 1 is 1.25 bits per heavy atom. The Hall–Kier alpha value is -1.23. The molecule has 2 N–H and O–H groups in total. The maximum atomic E-state index is 12.4. The Morgan fingerprint density at radius 2 is 1.88 bits per heavy atom. The zero-order chi connectivity index (χ0) is 12.3. The van der Waals surface area contributed by atoms with Crippen LogP contribution in [0.15, 0.2) is 24.3 Å². The largest absolute Gasteiger partial charge is 0.416 e. The molecule has 1 aromatic rings. The molecule has 2 atom stereocenters. The second-order valence-electron chi connectivity index (χ2n) is 3.75. The van der Waals surface area contributed by atoms with Crippen LogP contribution in [0.25, 0.3) is 0 Å². The number of nitrogens with one attached hydrogen (secondary N) is 1. The zero-order valence-electron chi connectivity index (χ0n) is 9.05. The van der Waals surface area contributed by atoms with Gasteiger partial charge in [-0.1, -0.05) is 6.07 Å². The quantitative estimate of drug-likeness (QED) is 0.841. The molecule has 16 heavy (non-hydrogen) atoms. The fourth-order valence-corrected chi connectivity index (χ4v) is 1.17. The van der Waals surface area contributed by atoms with Crippen molar-refractivity contribution in [2.75, 3.05) is 5.32 Å². The van der Waals surface area contributed by atoms with Gasteiger partial charge in [0.15, 0.2) is 0 Å². The molecule has 0 heterocycles. The second kappa shape index (κ2) is 4.74. The van der Waals surface area contributed by atoms with Crippen LogP contribution in [0.2, 0.25) is 0 Å². The molecule has 90 valence electrons. The molecule has 0 amide bonds. The molecule has 0 aromatic heterocycles. The Kier molecular flexibility index (Phi) is 3.80. The van der Waals surface area contributed by atoms with Gasteiger partial charge in [0.25, 0.3) is 0 Å². The number of benzene rings is 1. The lowest BCUT2D eigenvalue weighted by molar-refractivity contribution is -0.137. The number of anilines is 1. The highest BCUT2D eigenvalue weighted by Gasteiger charge is 2.30. The van der Waals surface area contributed by atoms with Crippen LogP contribution < -0.4 is 5.32 Å². The summed E-state index contributed by atoms with van der Waals surface area (Å²) < 4.78 is 37.2. The minimum atomic E-state index is -4.34. The number of halogens is 3. The molecule has 2 nitrogen and oxygen atoms in total. The molecule has 0 aliphatic carbocycles. The van der Waals surface area contributed by atoms with Gasteiger partial charge in [-0.3, -0.25) is 0 Å². The van der Waals surface area contributed by atoms with Gasteiger partial charge >= 0.3 is 6.18 Å². The summed E-state index contributed by atoms with van der Waals surface area (Å²) in [7, 11) is 0. The Morgan fingerprint density at radius 3 is 2.38 bits per heavy atom. The predicted octanol–water partition coefficient (Wildman–Crippen LogP) is 2.89. The highest BCUT2D eigenvalue weighted by atomic mass is 19.4. The van der Waals surface area contributed by atoms with E-state index in [0.717, 1.165) is 12.1 Å². The van der Waals surface area contributed by atoms with Crippen LogP contribution in [0.5, 0.6) is 0 Å². The van der Waals surface area contributed by atoms with Gasteiger partial charge in [0.05, 0.1) is 11.7 Å². The molecule has 0 spiro atoms. The van der Waals surface area contributed by atoms with Crippen LogP contribution in [0.1, 0.15) is 19.4 Å². The highest BCUT2D eigenvalue weighted by Crippen LogP contribution is 2.30. The average molecular weight is 233 g/mol. The van der Waals surface area contributed by atoms with Crippen molar-refractivity contribution in [1.29, 1.82) is 0 Å². The molecule has 5 heteroatoms. The first-order chi connectivity index (χ1) is 7.30. The van der Waals surface area contributed by atoms with Crippen LogP contribution in [0.4, 0.5) is 18.9 Å². The third-order valence-corrected chi connectivity index (χ3v) is 2.31. The lowest BCUT2D eigenvalue weighted by Gasteiger charge is -2.18. The Labute approximate surface area is 92.1 Å². The molecule has 1 aromatic carbocycles. The summed E-state index contributed by atoms with van der Waals surface area (Å²) >= 11 is 0. The Balaban J connectivity index is 2.83. The van der Waals surface area contributed by atoms with E-state index in [2.05, 4.69) is 5.32 Å². The summed E-state index contributed by atoms with van der Waals surface area (Å²) in [6, 6.07) is 4.61. The molecule has 0 fully saturated rings. The van der Waals surface area contributed by atoms with E-state index in [1.54, 1.807) is 13.8 Å². The number of rotatable bonds is 3. The van der Waals surface area contributed by atoms with Crippen molar-refractivity contribution in [3.8, 4) is 0 Å². The third kappa shape index (κ3) is 3.41. The number of aliphatic hydroxyl groups is 1. The fraction of sp³-hybridized carbons (Fsp3) is 0.455. The van der Waals surface area contributed by atoms with Gasteiger partial charge in [-0.15, -0.1) is 0 Å². The molecule has 2 unspecified atom stereocenters. The molecule has 0 bridgehead atoms. The van der Waals surface area contributed by atoms with Gasteiger partial charge in [-0.05, 0) is 32.0 Å². The first-order valence-electron chi connectivity index (χ1n) is 4.92. The zero-order valence-corrected chi connectivity index (χ0v) is 9.05. The van der Waals surface area contributed by atoms with Crippen molar-refractivity contribution in [2.45, 2.75) is 32.2 Å². The minimum absolute atomic E-state index is 0.302. The molecule has 0 saturated heterocycles. The molecule has 0 aliphatic rings. The van der Waals surface area contributed by atoms with E-state index in [0.29, 0.717) is 5.69 Å². The van der Waals surface area contributed by atoms with Gasteiger partial charge in [-0.2, -0.15) is 13.2 Å². The topological polar surface area (TPSA) is 32.3 Å². The summed E-state index contributed by atoms with van der Waals surface area (Å²) in [5, 5.41) is 12.0. The lowest BCUT2D eigenvalue weighted by atomic mass is 10.1. The number of aliphatic hydroxyl groups excluding tert-OH is 1. The van der Waals surface area contributed by atoms with Crippen molar-refractivity contribution in [3.63, 3.8) is 0 Å². The average Bonchev–Trinajstić information content (AvgIpc) is 2.16. The normalized spacial score (nSPS) is 15.6. The smallest absolute Gasteiger partial charge is 0.391 e. The Bertz CT molecular complexity index is 349. The maximum absolute atomic E-state index is 12.4. The molecular formula is C11H14F3NO. The van der Waals surface area contributed by atoms with E-state index in [9.17, 15) is 18.3 Å². The first-order valence-corrected chi connectivity index (χ1v) is 4.92. The van der Waals surface area contributed by atoms with Crippen molar-refractivity contribution in [1.82, 2.24) is 0 Å². The van der Waals surface area contributed by atoms with E-state index >= 15 is 0 Å². The van der Waals surface area contributed by atoms with Crippen LogP contribution in [0.3, 0.4) is 0 Å². The third-order valence-electron chi connectivity index (χ3n) is 2.31. The van der Waals surface area contributed by atoms with Gasteiger partial charge < -0.3 is 10.4 Å². The lowest BCUT2D eigenvalue weighted by Crippen LogP contribution is -2.27. The van der Waals surface area contributed by atoms with Crippen molar-refractivity contribution < 1.29 is 18.3 Å². The standard InChI is InChI=1S/C11H14F3NO/c1-7(8(2)16)15-10-5-3-4-9(6-10)11(12,13)14/h3-8,15-16H,1-2H3. The summed E-state index contributed by atoms with van der Waals surface area (Å²) in [5.41, 5.74) is -0.349. The van der Waals surface area contributed by atoms with Gasteiger partial charge in [0.2, 0.25) is 0 Å². The van der Waals surface area contributed by atoms with E-state index in [1.807, 2.05) is 0 Å². The van der Waals surface area contributed by atoms with Crippen molar-refractivity contribution >= 4 is 5.69 Å². The number of alkyl halides is 3. The molecular weight excluding hydrogens is 219 g/mol. The highest BCUT2D eigenvalue weighted by molar-refractivity contribution is 5.47. The van der Waals surface area contributed by atoms with Crippen molar-refractivity contribution in [2.24, 2.45) is 0 Å². The summed E-state index contributed by atoms with van der Waals surface area (Å²) in [6.45, 7) is 3.27. The maximum Gasteiger partial charge on any atom is 0.416 e. The fourth-order valence-electron chi connectivity index (χ4n) is 1.17. The van der Waals surface area contributed by atoms with Crippen LogP contribution >= 0.6 is 0 Å². The van der Waals surface area contributed by atoms with E-state index in [-0.39, 0.29) is 6.04 Å². The first kappa shape index (κ1) is 12.8. The number of hydrogen-bond acceptors (Lipinski definition) is 2. The van der Waals surface area contributed by atoms with Gasteiger partial charge in [-0.25, -0.2) is 0 Å². The molecule has 1 rings (SSSR count). The predicted molar refractivity (Wildman–Crippen MR) is 56.2 cm³/mol. The summed E-state index contributed by atoms with van der Waals surface area (Å²) in [4.78, 5) is 0. The number of hydrogen-bond donors (Lipinski definition) is 2. The van der Waals surface area contributed by atoms with Crippen LogP contribution in [0, 0.1) is 0 Å². The second-order valence-corrected chi connectivity index (χ2v) is 3.75. The van der Waals surface area contributed by atoms with Crippen LogP contribution in [-0.2, 0) is 6.18 Å². The summed E-state index contributed by atoms with van der Waals surface area (Å²) in [5.74, 6) is 0. The van der Waals surface area contributed by atoms with Gasteiger partial charge in [0, 0.05) is 11.7 Å². The summed E-state index contributed by atoms with van der Waals surface area (Å²) in [6.07, 6.45) is -4.97. The van der Waals surface area contributed by atoms with E-state index < -0.39 is 17.8 Å². The SMILES string of the molecule is CC(O)C(C)Nc1cccc(C(F)(F)F)c1. The molecule has 0 aliphatic heterocycles. The van der Waals surface area contributed by atoms with E-state index in [1.165, 1.54) is 12.1 Å². The van der Waals surface area contributed by atoms with Crippen LogP contribution in [-0.4, -0.2) is 17.3 Å². The molecule has 0 radical (unpaired) electrons.